The Morgan fingerprint density at radius 3 is 2.88 bits per heavy atom. The van der Waals surface area contributed by atoms with Gasteiger partial charge in [-0.15, -0.1) is 0 Å². The summed E-state index contributed by atoms with van der Waals surface area (Å²) in [5.74, 6) is 0. The zero-order chi connectivity index (χ0) is 12.1. The molecular weight excluding hydrogens is 274 g/mol. The van der Waals surface area contributed by atoms with Gasteiger partial charge < -0.3 is 10.1 Å². The minimum atomic E-state index is -0.150. The minimum absolute atomic E-state index is 0.150. The number of hydrogen-bond acceptors (Lipinski definition) is 4. The molecule has 0 atom stereocenters. The summed E-state index contributed by atoms with van der Waals surface area (Å²) in [6.07, 6.45) is 1.64. The summed E-state index contributed by atoms with van der Waals surface area (Å²) in [7, 11) is 1.59. The molecule has 0 spiro atoms. The molecule has 0 saturated carbocycles. The van der Waals surface area contributed by atoms with E-state index in [4.69, 9.17) is 4.74 Å². The lowest BCUT2D eigenvalue weighted by Gasteiger charge is -2.12. The third-order valence-electron chi connectivity index (χ3n) is 1.94. The van der Waals surface area contributed by atoms with Crippen LogP contribution in [0.3, 0.4) is 0 Å². The standard InChI is InChI=1S/C10H16BrN3O2/c1-7(2)13-8-6-12-14(4-5-16-3)10(15)9(8)11/h6-7,13H,4-5H2,1-3H3. The second-order valence-electron chi connectivity index (χ2n) is 3.69. The smallest absolute Gasteiger partial charge is 0.283 e. The van der Waals surface area contributed by atoms with Gasteiger partial charge >= 0.3 is 0 Å². The second kappa shape index (κ2) is 6.00. The first-order chi connectivity index (χ1) is 7.56. The summed E-state index contributed by atoms with van der Waals surface area (Å²) in [6.45, 7) is 4.93. The maximum Gasteiger partial charge on any atom is 0.283 e. The van der Waals surface area contributed by atoms with Crippen molar-refractivity contribution in [3.05, 3.63) is 21.0 Å². The predicted molar refractivity (Wildman–Crippen MR) is 66.8 cm³/mol. The number of hydrogen-bond donors (Lipinski definition) is 1. The van der Waals surface area contributed by atoms with Gasteiger partial charge in [0.2, 0.25) is 0 Å². The average Bonchev–Trinajstić information content (AvgIpc) is 2.23. The van der Waals surface area contributed by atoms with E-state index in [0.29, 0.717) is 23.3 Å². The molecule has 0 unspecified atom stereocenters. The molecule has 1 rings (SSSR count). The predicted octanol–water partition coefficient (Wildman–Crippen LogP) is 1.47. The van der Waals surface area contributed by atoms with Gasteiger partial charge in [0.1, 0.15) is 4.47 Å². The molecule has 0 aliphatic carbocycles. The number of ether oxygens (including phenoxy) is 1. The van der Waals surface area contributed by atoms with Gasteiger partial charge in [0, 0.05) is 13.2 Å². The van der Waals surface area contributed by atoms with E-state index >= 15 is 0 Å². The van der Waals surface area contributed by atoms with Crippen molar-refractivity contribution in [2.24, 2.45) is 0 Å². The molecule has 6 heteroatoms. The molecule has 1 heterocycles. The number of methoxy groups -OCH3 is 1. The van der Waals surface area contributed by atoms with Crippen LogP contribution in [0.1, 0.15) is 13.8 Å². The van der Waals surface area contributed by atoms with E-state index < -0.39 is 0 Å². The van der Waals surface area contributed by atoms with E-state index in [9.17, 15) is 4.79 Å². The summed E-state index contributed by atoms with van der Waals surface area (Å²) in [5, 5.41) is 7.20. The summed E-state index contributed by atoms with van der Waals surface area (Å²) >= 11 is 3.27. The fourth-order valence-electron chi connectivity index (χ4n) is 1.21. The summed E-state index contributed by atoms with van der Waals surface area (Å²) in [5.41, 5.74) is 0.566. The molecule has 1 aromatic rings. The van der Waals surface area contributed by atoms with Crippen LogP contribution in [0.15, 0.2) is 15.5 Å². The Morgan fingerprint density at radius 2 is 2.31 bits per heavy atom. The number of anilines is 1. The third kappa shape index (κ3) is 3.31. The van der Waals surface area contributed by atoms with Crippen LogP contribution in [0.25, 0.3) is 0 Å². The number of halogens is 1. The summed E-state index contributed by atoms with van der Waals surface area (Å²) in [4.78, 5) is 11.8. The maximum atomic E-state index is 11.8. The van der Waals surface area contributed by atoms with Crippen molar-refractivity contribution >= 4 is 21.6 Å². The van der Waals surface area contributed by atoms with Crippen molar-refractivity contribution in [2.75, 3.05) is 19.0 Å². The van der Waals surface area contributed by atoms with Gasteiger partial charge in [-0.1, -0.05) is 0 Å². The topological polar surface area (TPSA) is 56.1 Å². The highest BCUT2D eigenvalue weighted by molar-refractivity contribution is 9.10. The Morgan fingerprint density at radius 1 is 1.62 bits per heavy atom. The van der Waals surface area contributed by atoms with Gasteiger partial charge in [-0.3, -0.25) is 4.79 Å². The van der Waals surface area contributed by atoms with E-state index in [1.54, 1.807) is 13.3 Å². The van der Waals surface area contributed by atoms with E-state index in [1.165, 1.54) is 4.68 Å². The molecule has 5 nitrogen and oxygen atoms in total. The lowest BCUT2D eigenvalue weighted by atomic mass is 10.3. The minimum Gasteiger partial charge on any atom is -0.383 e. The van der Waals surface area contributed by atoms with Gasteiger partial charge in [-0.05, 0) is 29.8 Å². The molecule has 0 aliphatic heterocycles. The molecule has 1 N–H and O–H groups in total. The van der Waals surface area contributed by atoms with Crippen LogP contribution in [0, 0.1) is 0 Å². The molecule has 0 saturated heterocycles. The van der Waals surface area contributed by atoms with Crippen molar-refractivity contribution < 1.29 is 4.74 Å². The van der Waals surface area contributed by atoms with E-state index in [0.717, 1.165) is 0 Å². The molecule has 90 valence electrons. The molecule has 16 heavy (non-hydrogen) atoms. The molecule has 0 aliphatic rings. The number of nitrogens with one attached hydrogen (secondary N) is 1. The molecule has 0 amide bonds. The van der Waals surface area contributed by atoms with Crippen LogP contribution in [0.2, 0.25) is 0 Å². The highest BCUT2D eigenvalue weighted by Crippen LogP contribution is 2.16. The number of aromatic nitrogens is 2. The van der Waals surface area contributed by atoms with Gasteiger partial charge in [0.15, 0.2) is 0 Å². The fraction of sp³-hybridized carbons (Fsp3) is 0.600. The van der Waals surface area contributed by atoms with Crippen molar-refractivity contribution in [1.82, 2.24) is 9.78 Å². The Bertz CT molecular complexity index is 404. The Labute approximate surface area is 103 Å². The molecule has 0 radical (unpaired) electrons. The van der Waals surface area contributed by atoms with Gasteiger partial charge in [0.25, 0.3) is 5.56 Å². The normalized spacial score (nSPS) is 10.8. The number of rotatable bonds is 5. The quantitative estimate of drug-likeness (QED) is 0.892. The number of nitrogens with zero attached hydrogens (tertiary/aromatic N) is 2. The molecule has 0 bridgehead atoms. The van der Waals surface area contributed by atoms with Crippen LogP contribution in [0.5, 0.6) is 0 Å². The van der Waals surface area contributed by atoms with Gasteiger partial charge in [0.05, 0.1) is 25.0 Å². The first-order valence-corrected chi connectivity index (χ1v) is 5.86. The monoisotopic (exact) mass is 289 g/mol. The van der Waals surface area contributed by atoms with Crippen molar-refractivity contribution in [1.29, 1.82) is 0 Å². The van der Waals surface area contributed by atoms with Crippen molar-refractivity contribution in [3.8, 4) is 0 Å². The lowest BCUT2D eigenvalue weighted by molar-refractivity contribution is 0.181. The zero-order valence-electron chi connectivity index (χ0n) is 9.66. The van der Waals surface area contributed by atoms with Crippen LogP contribution in [0.4, 0.5) is 5.69 Å². The molecule has 1 aromatic heterocycles. The third-order valence-corrected chi connectivity index (χ3v) is 2.70. The Balaban J connectivity index is 2.94. The zero-order valence-corrected chi connectivity index (χ0v) is 11.2. The highest BCUT2D eigenvalue weighted by atomic mass is 79.9. The van der Waals surface area contributed by atoms with E-state index in [1.807, 2.05) is 13.8 Å². The molecule has 0 fully saturated rings. The first kappa shape index (κ1) is 13.2. The maximum absolute atomic E-state index is 11.8. The lowest BCUT2D eigenvalue weighted by Crippen LogP contribution is -2.27. The second-order valence-corrected chi connectivity index (χ2v) is 4.49. The van der Waals surface area contributed by atoms with Gasteiger partial charge in [-0.2, -0.15) is 5.10 Å². The largest absolute Gasteiger partial charge is 0.383 e. The summed E-state index contributed by atoms with van der Waals surface area (Å²) in [6, 6.07) is 0.257. The van der Waals surface area contributed by atoms with E-state index in [-0.39, 0.29) is 11.6 Å². The SMILES string of the molecule is COCCn1ncc(NC(C)C)c(Br)c1=O. The van der Waals surface area contributed by atoms with E-state index in [2.05, 4.69) is 26.3 Å². The highest BCUT2D eigenvalue weighted by Gasteiger charge is 2.08. The Hall–Kier alpha value is -0.880. The van der Waals surface area contributed by atoms with Crippen LogP contribution in [-0.4, -0.2) is 29.5 Å². The summed E-state index contributed by atoms with van der Waals surface area (Å²) < 4.78 is 6.79. The van der Waals surface area contributed by atoms with Crippen LogP contribution in [-0.2, 0) is 11.3 Å². The van der Waals surface area contributed by atoms with Crippen LogP contribution >= 0.6 is 15.9 Å². The molecular formula is C10H16BrN3O2. The van der Waals surface area contributed by atoms with Crippen molar-refractivity contribution in [3.63, 3.8) is 0 Å². The fourth-order valence-corrected chi connectivity index (χ4v) is 1.64. The molecule has 0 aromatic carbocycles. The van der Waals surface area contributed by atoms with Crippen LogP contribution < -0.4 is 10.9 Å². The average molecular weight is 290 g/mol. The first-order valence-electron chi connectivity index (χ1n) is 5.07. The van der Waals surface area contributed by atoms with Crippen molar-refractivity contribution in [2.45, 2.75) is 26.4 Å². The van der Waals surface area contributed by atoms with Gasteiger partial charge in [-0.25, -0.2) is 4.68 Å². The Kier molecular flexibility index (Phi) is 4.95.